The first-order valence-electron chi connectivity index (χ1n) is 13.2. The van der Waals surface area contributed by atoms with Crippen LogP contribution in [0.4, 0.5) is 4.39 Å². The lowest BCUT2D eigenvalue weighted by Gasteiger charge is -2.20. The van der Waals surface area contributed by atoms with E-state index in [1.165, 1.54) is 19.3 Å². The third-order valence-corrected chi connectivity index (χ3v) is 6.89. The van der Waals surface area contributed by atoms with Gasteiger partial charge in [-0.05, 0) is 98.0 Å². The molecule has 1 aliphatic rings. The molecule has 1 N–H and O–H groups in total. The molecule has 1 heterocycles. The van der Waals surface area contributed by atoms with E-state index < -0.39 is 0 Å². The molecule has 3 rings (SSSR count). The molecule has 1 aromatic carbocycles. The highest BCUT2D eigenvalue weighted by atomic mass is 19.1. The quantitative estimate of drug-likeness (QED) is 0.229. The summed E-state index contributed by atoms with van der Waals surface area (Å²) in [5, 5.41) is 3.28. The molecule has 36 heavy (non-hydrogen) atoms. The highest BCUT2D eigenvalue weighted by Gasteiger charge is 2.24. The van der Waals surface area contributed by atoms with Crippen LogP contribution in [0.25, 0.3) is 0 Å². The van der Waals surface area contributed by atoms with Gasteiger partial charge in [0.15, 0.2) is 0 Å². The summed E-state index contributed by atoms with van der Waals surface area (Å²) in [6.07, 6.45) is 10.00. The lowest BCUT2D eigenvalue weighted by molar-refractivity contribution is 0.616. The van der Waals surface area contributed by atoms with E-state index in [2.05, 4.69) is 52.2 Å². The van der Waals surface area contributed by atoms with Crippen molar-refractivity contribution in [2.75, 3.05) is 0 Å². The molecule has 1 atom stereocenters. The summed E-state index contributed by atoms with van der Waals surface area (Å²) in [6, 6.07) is 9.51. The van der Waals surface area contributed by atoms with Gasteiger partial charge in [0.1, 0.15) is 11.6 Å². The molecule has 1 fully saturated rings. The van der Waals surface area contributed by atoms with Crippen LogP contribution in [-0.2, 0) is 12.8 Å². The van der Waals surface area contributed by atoms with Crippen molar-refractivity contribution in [1.29, 1.82) is 0 Å². The summed E-state index contributed by atoms with van der Waals surface area (Å²) in [5.41, 5.74) is 7.04. The number of nitrogens with one attached hydrogen (secondary N) is 1. The van der Waals surface area contributed by atoms with Crippen LogP contribution < -0.4 is 5.32 Å². The Kier molecular flexibility index (Phi) is 9.81. The van der Waals surface area contributed by atoms with Crippen molar-refractivity contribution >= 4 is 5.71 Å². The van der Waals surface area contributed by atoms with Gasteiger partial charge < -0.3 is 5.32 Å². The maximum Gasteiger partial charge on any atom is 0.133 e. The SMILES string of the molecule is C=CN/C(N=C(c1cccnc1CCC1CC1)C(C)Cc1ccc(F)c(C)c1)=C(/C)C(=C)CC(C)C. The Balaban J connectivity index is 2.07. The zero-order chi connectivity index (χ0) is 26.2. The third kappa shape index (κ3) is 7.74. The Labute approximate surface area is 217 Å². The van der Waals surface area contributed by atoms with Crippen LogP contribution in [0.15, 0.2) is 77.8 Å². The molecule has 0 spiro atoms. The molecule has 0 radical (unpaired) electrons. The molecule has 0 saturated heterocycles. The Hall–Kier alpha value is -3.01. The average Bonchev–Trinajstić information content (AvgIpc) is 3.66. The van der Waals surface area contributed by atoms with Gasteiger partial charge in [0.05, 0.1) is 5.71 Å². The van der Waals surface area contributed by atoms with Crippen LogP contribution in [0.3, 0.4) is 0 Å². The van der Waals surface area contributed by atoms with Crippen LogP contribution >= 0.6 is 0 Å². The molecule has 1 aliphatic carbocycles. The van der Waals surface area contributed by atoms with Gasteiger partial charge in [-0.3, -0.25) is 4.98 Å². The molecule has 1 aromatic heterocycles. The number of aromatic nitrogens is 1. The topological polar surface area (TPSA) is 37.3 Å². The number of aliphatic imine (C=N–C) groups is 1. The van der Waals surface area contributed by atoms with Crippen molar-refractivity contribution < 1.29 is 4.39 Å². The van der Waals surface area contributed by atoms with Gasteiger partial charge in [0.2, 0.25) is 0 Å². The van der Waals surface area contributed by atoms with Crippen LogP contribution in [-0.4, -0.2) is 10.7 Å². The molecule has 0 amide bonds. The summed E-state index contributed by atoms with van der Waals surface area (Å²) in [5.74, 6) is 2.03. The van der Waals surface area contributed by atoms with Crippen molar-refractivity contribution in [2.45, 2.75) is 73.1 Å². The smallest absolute Gasteiger partial charge is 0.133 e. The van der Waals surface area contributed by atoms with Crippen molar-refractivity contribution in [2.24, 2.45) is 22.7 Å². The summed E-state index contributed by atoms with van der Waals surface area (Å²) in [6.45, 7) is 18.7. The van der Waals surface area contributed by atoms with Crippen molar-refractivity contribution in [3.05, 3.63) is 101 Å². The van der Waals surface area contributed by atoms with Crippen LogP contribution in [0, 0.1) is 30.5 Å². The summed E-state index contributed by atoms with van der Waals surface area (Å²) < 4.78 is 13.9. The molecular weight excluding hydrogens is 445 g/mol. The third-order valence-electron chi connectivity index (χ3n) is 6.89. The monoisotopic (exact) mass is 487 g/mol. The highest BCUT2D eigenvalue weighted by Crippen LogP contribution is 2.34. The minimum absolute atomic E-state index is 0.0894. The molecule has 192 valence electrons. The molecule has 0 aliphatic heterocycles. The molecular formula is C32H42FN3. The molecule has 1 saturated carbocycles. The highest BCUT2D eigenvalue weighted by molar-refractivity contribution is 6.03. The molecule has 0 bridgehead atoms. The zero-order valence-electron chi connectivity index (χ0n) is 22.7. The normalized spacial score (nSPS) is 15.5. The van der Waals surface area contributed by atoms with Gasteiger partial charge in [0.25, 0.3) is 0 Å². The number of hydrogen-bond acceptors (Lipinski definition) is 3. The molecule has 3 nitrogen and oxygen atoms in total. The Morgan fingerprint density at radius 1 is 1.25 bits per heavy atom. The number of rotatable bonds is 13. The number of hydrogen-bond donors (Lipinski definition) is 1. The number of benzene rings is 1. The van der Waals surface area contributed by atoms with E-state index in [0.29, 0.717) is 11.5 Å². The van der Waals surface area contributed by atoms with E-state index in [4.69, 9.17) is 9.98 Å². The standard InChI is InChI=1S/C32H42FN3/c1-8-34-32(25(7)22(4)18-21(2)3)36-31(24(6)20-27-13-15-29(33)23(5)19-27)28-10-9-17-35-30(28)16-14-26-11-12-26/h8-10,13,15,17,19,21,24,26,34H,1,4,11-12,14,16,18,20H2,2-3,5-7H3/b32-25+,36-31?. The minimum atomic E-state index is -0.172. The predicted molar refractivity (Wildman–Crippen MR) is 150 cm³/mol. The van der Waals surface area contributed by atoms with E-state index in [-0.39, 0.29) is 11.7 Å². The second-order valence-corrected chi connectivity index (χ2v) is 10.7. The second-order valence-electron chi connectivity index (χ2n) is 10.7. The van der Waals surface area contributed by atoms with Gasteiger partial charge in [-0.15, -0.1) is 0 Å². The lowest BCUT2D eigenvalue weighted by atomic mass is 9.89. The maximum atomic E-state index is 13.9. The van der Waals surface area contributed by atoms with E-state index in [1.54, 1.807) is 12.3 Å². The van der Waals surface area contributed by atoms with Crippen molar-refractivity contribution in [3.63, 3.8) is 0 Å². The number of nitrogens with zero attached hydrogens (tertiary/aromatic N) is 2. The van der Waals surface area contributed by atoms with Crippen LogP contribution in [0.5, 0.6) is 0 Å². The largest absolute Gasteiger partial charge is 0.347 e. The fourth-order valence-electron chi connectivity index (χ4n) is 4.59. The average molecular weight is 488 g/mol. The molecule has 1 unspecified atom stereocenters. The van der Waals surface area contributed by atoms with E-state index in [1.807, 2.05) is 31.3 Å². The Bertz CT molecular complexity index is 1140. The lowest BCUT2D eigenvalue weighted by Crippen LogP contribution is -2.20. The van der Waals surface area contributed by atoms with Gasteiger partial charge in [-0.1, -0.05) is 58.9 Å². The van der Waals surface area contributed by atoms with Gasteiger partial charge >= 0.3 is 0 Å². The number of aryl methyl sites for hydroxylation is 2. The van der Waals surface area contributed by atoms with E-state index in [9.17, 15) is 4.39 Å². The zero-order valence-corrected chi connectivity index (χ0v) is 22.7. The van der Waals surface area contributed by atoms with Gasteiger partial charge in [0, 0.05) is 23.4 Å². The van der Waals surface area contributed by atoms with E-state index in [0.717, 1.165) is 64.7 Å². The van der Waals surface area contributed by atoms with Crippen LogP contribution in [0.2, 0.25) is 0 Å². The second kappa shape index (κ2) is 12.8. The van der Waals surface area contributed by atoms with Crippen molar-refractivity contribution in [1.82, 2.24) is 10.3 Å². The summed E-state index contributed by atoms with van der Waals surface area (Å²) in [7, 11) is 0. The first-order valence-corrected chi connectivity index (χ1v) is 13.2. The van der Waals surface area contributed by atoms with E-state index >= 15 is 0 Å². The first kappa shape index (κ1) is 27.6. The Morgan fingerprint density at radius 3 is 2.64 bits per heavy atom. The number of allylic oxidation sites excluding steroid dienone is 2. The van der Waals surface area contributed by atoms with Crippen molar-refractivity contribution in [3.8, 4) is 0 Å². The molecule has 2 aromatic rings. The summed E-state index contributed by atoms with van der Waals surface area (Å²) >= 11 is 0. The van der Waals surface area contributed by atoms with Gasteiger partial charge in [-0.25, -0.2) is 9.38 Å². The van der Waals surface area contributed by atoms with Crippen LogP contribution in [0.1, 0.15) is 75.8 Å². The maximum absolute atomic E-state index is 13.9. The predicted octanol–water partition coefficient (Wildman–Crippen LogP) is 8.11. The minimum Gasteiger partial charge on any atom is -0.347 e. The fourth-order valence-corrected chi connectivity index (χ4v) is 4.59. The van der Waals surface area contributed by atoms with Gasteiger partial charge in [-0.2, -0.15) is 0 Å². The number of pyridine rings is 1. The first-order chi connectivity index (χ1) is 17.2. The number of halogens is 1. The summed E-state index contributed by atoms with van der Waals surface area (Å²) in [4.78, 5) is 10.0. The fraction of sp³-hybridized carbons (Fsp3) is 0.438. The Morgan fingerprint density at radius 2 is 2.00 bits per heavy atom. The molecule has 4 heteroatoms.